The molecule has 0 saturated heterocycles. The van der Waals surface area contributed by atoms with Gasteiger partial charge in [0.15, 0.2) is 0 Å². The maximum absolute atomic E-state index is 13.2. The van der Waals surface area contributed by atoms with Gasteiger partial charge in [0.1, 0.15) is 23.7 Å². The molecule has 0 aliphatic carbocycles. The van der Waals surface area contributed by atoms with E-state index in [0.29, 0.717) is 5.56 Å². The average molecular weight is 592 g/mol. The van der Waals surface area contributed by atoms with Crippen molar-refractivity contribution in [3.8, 4) is 11.5 Å². The lowest BCUT2D eigenvalue weighted by Gasteiger charge is -2.13. The van der Waals surface area contributed by atoms with Crippen molar-refractivity contribution in [3.05, 3.63) is 129 Å². The second-order valence-electron chi connectivity index (χ2n) is 9.37. The Balaban J connectivity index is 1.26. The number of benzene rings is 4. The van der Waals surface area contributed by atoms with Crippen LogP contribution in [0.2, 0.25) is 0 Å². The van der Waals surface area contributed by atoms with Crippen LogP contribution in [0.5, 0.6) is 11.5 Å². The van der Waals surface area contributed by atoms with E-state index in [0.717, 1.165) is 18.2 Å². The zero-order valence-corrected chi connectivity index (χ0v) is 22.2. The first-order chi connectivity index (χ1) is 21.2. The molecule has 2 heterocycles. The second kappa shape index (κ2) is 11.1. The molecule has 12 heteroatoms. The van der Waals surface area contributed by atoms with Gasteiger partial charge in [0, 0.05) is 0 Å². The molecule has 0 amide bonds. The number of cyclic esters (lactones) is 4. The molecule has 0 bridgehead atoms. The van der Waals surface area contributed by atoms with Gasteiger partial charge in [-0.25, -0.2) is 33.6 Å². The van der Waals surface area contributed by atoms with Crippen LogP contribution in [0.3, 0.4) is 0 Å². The van der Waals surface area contributed by atoms with Crippen LogP contribution < -0.4 is 9.47 Å². The smallest absolute Gasteiger partial charge is 0.346 e. The highest BCUT2D eigenvalue weighted by molar-refractivity contribution is 6.16. The molecule has 12 nitrogen and oxygen atoms in total. The fraction of sp³-hybridized carbons (Fsp3) is 0.0312. The van der Waals surface area contributed by atoms with E-state index in [1.165, 1.54) is 36.4 Å². The van der Waals surface area contributed by atoms with Gasteiger partial charge in [0.25, 0.3) is 0 Å². The van der Waals surface area contributed by atoms with E-state index < -0.39 is 41.8 Å². The average Bonchev–Trinajstić information content (AvgIpc) is 3.48. The third-order valence-electron chi connectivity index (χ3n) is 6.56. The summed E-state index contributed by atoms with van der Waals surface area (Å²) in [6.07, 6.45) is 0. The Hall–Kier alpha value is -6.43. The van der Waals surface area contributed by atoms with Gasteiger partial charge in [-0.1, -0.05) is 30.3 Å². The zero-order chi connectivity index (χ0) is 31.0. The van der Waals surface area contributed by atoms with E-state index in [-0.39, 0.29) is 57.1 Å². The van der Waals surface area contributed by atoms with Gasteiger partial charge >= 0.3 is 41.8 Å². The summed E-state index contributed by atoms with van der Waals surface area (Å²) in [7, 11) is 0. The summed E-state index contributed by atoms with van der Waals surface area (Å²) in [4.78, 5) is 86.2. The molecule has 44 heavy (non-hydrogen) atoms. The molecule has 4 aromatic carbocycles. The molecule has 0 fully saturated rings. The number of carbonyl (C=O) groups is 7. The lowest BCUT2D eigenvalue weighted by atomic mass is 10.1. The number of carbonyl (C=O) groups excluding carboxylic acids is 7. The van der Waals surface area contributed by atoms with E-state index in [1.807, 2.05) is 0 Å². The van der Waals surface area contributed by atoms with Crippen molar-refractivity contribution in [2.45, 2.75) is 6.61 Å². The predicted octanol–water partition coefficient (Wildman–Crippen LogP) is 4.10. The molecule has 0 unspecified atom stereocenters. The number of hydrogen-bond donors (Lipinski definition) is 0. The topological polar surface area (TPSA) is 166 Å². The van der Waals surface area contributed by atoms with Crippen molar-refractivity contribution in [2.24, 2.45) is 0 Å². The van der Waals surface area contributed by atoms with Gasteiger partial charge in [-0.2, -0.15) is 0 Å². The third kappa shape index (κ3) is 5.30. The maximum Gasteiger partial charge on any atom is 0.346 e. The Morgan fingerprint density at radius 2 is 1.09 bits per heavy atom. The zero-order valence-electron chi connectivity index (χ0n) is 22.2. The first kappa shape index (κ1) is 27.7. The highest BCUT2D eigenvalue weighted by Crippen LogP contribution is 2.29. The van der Waals surface area contributed by atoms with Crippen LogP contribution in [0.4, 0.5) is 0 Å². The van der Waals surface area contributed by atoms with Crippen molar-refractivity contribution < 1.29 is 57.2 Å². The Morgan fingerprint density at radius 3 is 1.68 bits per heavy atom. The van der Waals surface area contributed by atoms with Crippen molar-refractivity contribution in [2.75, 3.05) is 0 Å². The van der Waals surface area contributed by atoms with Crippen molar-refractivity contribution in [3.63, 3.8) is 0 Å². The van der Waals surface area contributed by atoms with Crippen LogP contribution in [-0.4, -0.2) is 41.8 Å². The van der Waals surface area contributed by atoms with Crippen molar-refractivity contribution >= 4 is 41.8 Å². The van der Waals surface area contributed by atoms with Gasteiger partial charge in [0.05, 0.1) is 33.4 Å². The first-order valence-electron chi connectivity index (χ1n) is 12.8. The molecule has 0 N–H and O–H groups in total. The van der Waals surface area contributed by atoms with Crippen LogP contribution in [-0.2, 0) is 20.8 Å². The minimum atomic E-state index is -0.971. The van der Waals surface area contributed by atoms with Crippen LogP contribution in [0.15, 0.2) is 84.9 Å². The molecule has 0 atom stereocenters. The summed E-state index contributed by atoms with van der Waals surface area (Å²) in [6.45, 7) is -0.123. The summed E-state index contributed by atoms with van der Waals surface area (Å²) in [6, 6.07) is 19.6. The monoisotopic (exact) mass is 592 g/mol. The lowest BCUT2D eigenvalue weighted by molar-refractivity contribution is 0.0425. The largest absolute Gasteiger partial charge is 0.457 e. The van der Waals surface area contributed by atoms with Gasteiger partial charge < -0.3 is 23.7 Å². The van der Waals surface area contributed by atoms with E-state index in [1.54, 1.807) is 30.3 Å². The standard InChI is InChI=1S/C32H16O12/c33-26(17-6-9-20-22(12-17)31(38)43-29(20)36)41-19-8-11-25(24(14-19)28(35)40-15-16-4-2-1-3-5-16)42-27(34)18-7-10-21-23(13-18)32(39)44-30(21)37/h1-14H,15H2. The summed E-state index contributed by atoms with van der Waals surface area (Å²) in [5.41, 5.74) is 0.00623. The van der Waals surface area contributed by atoms with Crippen molar-refractivity contribution in [1.82, 2.24) is 0 Å². The molecule has 6 rings (SSSR count). The molecule has 0 radical (unpaired) electrons. The van der Waals surface area contributed by atoms with Gasteiger partial charge in [0.2, 0.25) is 0 Å². The first-order valence-corrected chi connectivity index (χ1v) is 12.8. The van der Waals surface area contributed by atoms with Crippen LogP contribution in [0.1, 0.15) is 78.1 Å². The minimum absolute atomic E-state index is 0.00485. The predicted molar refractivity (Wildman–Crippen MR) is 144 cm³/mol. The summed E-state index contributed by atoms with van der Waals surface area (Å²) in [5.74, 6) is -6.70. The normalized spacial score (nSPS) is 13.0. The van der Waals surface area contributed by atoms with E-state index in [4.69, 9.17) is 14.2 Å². The number of esters is 7. The molecular formula is C32H16O12. The van der Waals surface area contributed by atoms with Crippen molar-refractivity contribution in [1.29, 1.82) is 0 Å². The molecule has 216 valence electrons. The Kier molecular flexibility index (Phi) is 6.99. The molecule has 4 aromatic rings. The second-order valence-corrected chi connectivity index (χ2v) is 9.37. The summed E-state index contributed by atoms with van der Waals surface area (Å²) < 4.78 is 25.3. The quantitative estimate of drug-likeness (QED) is 0.131. The van der Waals surface area contributed by atoms with E-state index >= 15 is 0 Å². The number of rotatable bonds is 7. The Morgan fingerprint density at radius 1 is 0.545 bits per heavy atom. The van der Waals surface area contributed by atoms with E-state index in [2.05, 4.69) is 9.47 Å². The maximum atomic E-state index is 13.2. The Labute approximate surface area is 246 Å². The fourth-order valence-electron chi connectivity index (χ4n) is 4.37. The molecule has 2 aliphatic rings. The molecular weight excluding hydrogens is 576 g/mol. The highest BCUT2D eigenvalue weighted by atomic mass is 16.6. The third-order valence-corrected chi connectivity index (χ3v) is 6.56. The fourth-order valence-corrected chi connectivity index (χ4v) is 4.37. The molecule has 0 saturated carbocycles. The molecule has 2 aliphatic heterocycles. The van der Waals surface area contributed by atoms with Gasteiger partial charge in [-0.3, -0.25) is 0 Å². The van der Waals surface area contributed by atoms with Crippen LogP contribution in [0, 0.1) is 0 Å². The summed E-state index contributed by atoms with van der Waals surface area (Å²) >= 11 is 0. The summed E-state index contributed by atoms with van der Waals surface area (Å²) in [5, 5.41) is 0. The highest BCUT2D eigenvalue weighted by Gasteiger charge is 2.32. The van der Waals surface area contributed by atoms with Gasteiger partial charge in [-0.05, 0) is 60.2 Å². The number of ether oxygens (including phenoxy) is 5. The van der Waals surface area contributed by atoms with E-state index in [9.17, 15) is 33.6 Å². The lowest BCUT2D eigenvalue weighted by Crippen LogP contribution is -2.15. The number of fused-ring (bicyclic) bond motifs is 2. The number of hydrogen-bond acceptors (Lipinski definition) is 12. The van der Waals surface area contributed by atoms with Crippen LogP contribution >= 0.6 is 0 Å². The molecule has 0 aromatic heterocycles. The SMILES string of the molecule is O=C(Oc1ccc(OC(=O)c2ccc3c(c2)C(=O)OC3=O)c(C(=O)OCc2ccccc2)c1)c1ccc2c(c1)C(=O)OC2=O. The van der Waals surface area contributed by atoms with Crippen LogP contribution in [0.25, 0.3) is 0 Å². The van der Waals surface area contributed by atoms with Gasteiger partial charge in [-0.15, -0.1) is 0 Å². The Bertz CT molecular complexity index is 1940. The minimum Gasteiger partial charge on any atom is -0.457 e. The molecule has 0 spiro atoms.